The first-order valence-corrected chi connectivity index (χ1v) is 7.92. The van der Waals surface area contributed by atoms with Gasteiger partial charge in [-0.25, -0.2) is 9.97 Å². The second kappa shape index (κ2) is 6.57. The zero-order chi connectivity index (χ0) is 17.1. The number of fused-ring (bicyclic) bond motifs is 1. The number of pyridine rings is 3. The number of aromatic nitrogens is 3. The molecule has 0 radical (unpaired) electrons. The smallest absolute Gasteiger partial charge is 0.213 e. The monoisotopic (exact) mass is 328 g/mol. The fourth-order valence-electron chi connectivity index (χ4n) is 2.64. The number of hydrogen-bond donors (Lipinski definition) is 1. The normalized spacial score (nSPS) is 10.6. The lowest BCUT2D eigenvalue weighted by molar-refractivity contribution is 0.398. The summed E-state index contributed by atoms with van der Waals surface area (Å²) in [6, 6.07) is 19.7. The number of hydrogen-bond acceptors (Lipinski definition) is 5. The van der Waals surface area contributed by atoms with E-state index in [4.69, 9.17) is 9.72 Å². The van der Waals surface area contributed by atoms with Gasteiger partial charge in [-0.15, -0.1) is 0 Å². The molecular weight excluding hydrogens is 312 g/mol. The molecule has 0 unspecified atom stereocenters. The highest BCUT2D eigenvalue weighted by atomic mass is 16.5. The van der Waals surface area contributed by atoms with Crippen LogP contribution in [0.4, 0.5) is 11.5 Å². The van der Waals surface area contributed by atoms with Gasteiger partial charge >= 0.3 is 0 Å². The maximum Gasteiger partial charge on any atom is 0.213 e. The molecule has 3 heterocycles. The van der Waals surface area contributed by atoms with Crippen LogP contribution in [0.25, 0.3) is 22.2 Å². The molecule has 1 N–H and O–H groups in total. The number of anilines is 2. The summed E-state index contributed by atoms with van der Waals surface area (Å²) >= 11 is 0. The highest BCUT2D eigenvalue weighted by molar-refractivity contribution is 5.93. The molecule has 5 nitrogen and oxygen atoms in total. The van der Waals surface area contributed by atoms with Crippen LogP contribution in [0, 0.1) is 0 Å². The van der Waals surface area contributed by atoms with Crippen molar-refractivity contribution in [1.29, 1.82) is 0 Å². The number of nitrogens with one attached hydrogen (secondary N) is 1. The molecule has 0 bridgehead atoms. The molecule has 25 heavy (non-hydrogen) atoms. The number of methoxy groups -OCH3 is 1. The van der Waals surface area contributed by atoms with E-state index in [2.05, 4.69) is 15.3 Å². The Morgan fingerprint density at radius 2 is 1.80 bits per heavy atom. The molecule has 122 valence electrons. The molecule has 0 amide bonds. The summed E-state index contributed by atoms with van der Waals surface area (Å²) in [4.78, 5) is 13.5. The van der Waals surface area contributed by atoms with Crippen molar-refractivity contribution >= 4 is 22.4 Å². The van der Waals surface area contributed by atoms with Gasteiger partial charge in [0.2, 0.25) is 5.88 Å². The van der Waals surface area contributed by atoms with Crippen molar-refractivity contribution in [3.8, 4) is 17.1 Å². The minimum absolute atomic E-state index is 0.572. The Morgan fingerprint density at radius 1 is 0.920 bits per heavy atom. The minimum atomic E-state index is 0.572. The van der Waals surface area contributed by atoms with E-state index in [0.717, 1.165) is 33.7 Å². The van der Waals surface area contributed by atoms with E-state index in [1.165, 1.54) is 0 Å². The second-order valence-electron chi connectivity index (χ2n) is 5.51. The van der Waals surface area contributed by atoms with Gasteiger partial charge in [0.25, 0.3) is 0 Å². The average Bonchev–Trinajstić information content (AvgIpc) is 2.69. The molecule has 0 saturated carbocycles. The van der Waals surface area contributed by atoms with E-state index >= 15 is 0 Å². The van der Waals surface area contributed by atoms with Crippen LogP contribution in [0.3, 0.4) is 0 Å². The Labute approximate surface area is 145 Å². The average molecular weight is 328 g/mol. The summed E-state index contributed by atoms with van der Waals surface area (Å²) in [5.74, 6) is 1.32. The van der Waals surface area contributed by atoms with Gasteiger partial charge in [0.1, 0.15) is 5.82 Å². The topological polar surface area (TPSA) is 59.9 Å². The van der Waals surface area contributed by atoms with E-state index in [9.17, 15) is 0 Å². The third kappa shape index (κ3) is 3.12. The molecule has 0 aliphatic rings. The molecule has 0 aliphatic carbocycles. The first-order valence-electron chi connectivity index (χ1n) is 7.92. The lowest BCUT2D eigenvalue weighted by atomic mass is 10.1. The Bertz CT molecular complexity index is 1000. The molecule has 0 fully saturated rings. The second-order valence-corrected chi connectivity index (χ2v) is 5.51. The highest BCUT2D eigenvalue weighted by Gasteiger charge is 2.09. The van der Waals surface area contributed by atoms with Gasteiger partial charge in [0, 0.05) is 23.2 Å². The van der Waals surface area contributed by atoms with Gasteiger partial charge in [0.05, 0.1) is 30.2 Å². The van der Waals surface area contributed by atoms with E-state index in [1.807, 2.05) is 60.7 Å². The van der Waals surface area contributed by atoms with Crippen molar-refractivity contribution in [3.05, 3.63) is 73.1 Å². The maximum absolute atomic E-state index is 5.10. The van der Waals surface area contributed by atoms with Gasteiger partial charge in [-0.05, 0) is 24.3 Å². The fourth-order valence-corrected chi connectivity index (χ4v) is 2.64. The summed E-state index contributed by atoms with van der Waals surface area (Å²) in [5, 5.41) is 4.30. The van der Waals surface area contributed by atoms with E-state index < -0.39 is 0 Å². The summed E-state index contributed by atoms with van der Waals surface area (Å²) in [6.07, 6.45) is 3.51. The first-order chi connectivity index (χ1) is 12.3. The molecule has 0 spiro atoms. The third-order valence-corrected chi connectivity index (χ3v) is 3.88. The third-order valence-electron chi connectivity index (χ3n) is 3.88. The number of benzene rings is 1. The van der Waals surface area contributed by atoms with Crippen molar-refractivity contribution in [2.24, 2.45) is 0 Å². The molecule has 0 saturated heterocycles. The van der Waals surface area contributed by atoms with Crippen LogP contribution in [0.5, 0.6) is 5.88 Å². The zero-order valence-electron chi connectivity index (χ0n) is 13.7. The molecule has 3 aromatic heterocycles. The SMILES string of the molecule is COc1ccc(Nc2nc(-c3ccccc3)cc3ncccc23)cn1. The van der Waals surface area contributed by atoms with Crippen molar-refractivity contribution in [1.82, 2.24) is 15.0 Å². The summed E-state index contributed by atoms with van der Waals surface area (Å²) < 4.78 is 5.10. The molecule has 4 rings (SSSR count). The quantitative estimate of drug-likeness (QED) is 0.600. The highest BCUT2D eigenvalue weighted by Crippen LogP contribution is 2.28. The van der Waals surface area contributed by atoms with Crippen molar-refractivity contribution in [2.45, 2.75) is 0 Å². The predicted molar refractivity (Wildman–Crippen MR) is 99.0 cm³/mol. The number of nitrogens with zero attached hydrogens (tertiary/aromatic N) is 3. The standard InChI is InChI=1S/C20H16N4O/c1-25-19-10-9-15(13-22-19)23-20-16-8-5-11-21-18(16)12-17(24-20)14-6-3-2-4-7-14/h2-13H,1H3,(H,23,24). The molecule has 0 atom stereocenters. The minimum Gasteiger partial charge on any atom is -0.481 e. The van der Waals surface area contributed by atoms with Crippen LogP contribution < -0.4 is 10.1 Å². The van der Waals surface area contributed by atoms with E-state index in [0.29, 0.717) is 5.88 Å². The van der Waals surface area contributed by atoms with Crippen LogP contribution in [0.1, 0.15) is 0 Å². The van der Waals surface area contributed by atoms with Crippen molar-refractivity contribution in [3.63, 3.8) is 0 Å². The Morgan fingerprint density at radius 3 is 2.56 bits per heavy atom. The van der Waals surface area contributed by atoms with Gasteiger partial charge < -0.3 is 10.1 Å². The fraction of sp³-hybridized carbons (Fsp3) is 0.0500. The molecule has 1 aromatic carbocycles. The largest absolute Gasteiger partial charge is 0.481 e. The Hall–Kier alpha value is -3.47. The van der Waals surface area contributed by atoms with Gasteiger partial charge in [-0.2, -0.15) is 0 Å². The molecule has 0 aliphatic heterocycles. The van der Waals surface area contributed by atoms with Crippen molar-refractivity contribution < 1.29 is 4.74 Å². The van der Waals surface area contributed by atoms with Crippen molar-refractivity contribution in [2.75, 3.05) is 12.4 Å². The summed E-state index contributed by atoms with van der Waals surface area (Å²) in [6.45, 7) is 0. The first kappa shape index (κ1) is 15.1. The van der Waals surface area contributed by atoms with Gasteiger partial charge in [-0.1, -0.05) is 30.3 Å². The Kier molecular flexibility index (Phi) is 3.96. The van der Waals surface area contributed by atoms with Crippen LogP contribution in [0.15, 0.2) is 73.1 Å². The van der Waals surface area contributed by atoms with Gasteiger partial charge in [-0.3, -0.25) is 4.98 Å². The lowest BCUT2D eigenvalue weighted by Gasteiger charge is -2.11. The van der Waals surface area contributed by atoms with E-state index in [1.54, 1.807) is 19.5 Å². The zero-order valence-corrected chi connectivity index (χ0v) is 13.7. The summed E-state index contributed by atoms with van der Waals surface area (Å²) in [5.41, 5.74) is 3.64. The summed E-state index contributed by atoms with van der Waals surface area (Å²) in [7, 11) is 1.60. The molecular formula is C20H16N4O. The predicted octanol–water partition coefficient (Wildman–Crippen LogP) is 4.44. The molecule has 5 heteroatoms. The lowest BCUT2D eigenvalue weighted by Crippen LogP contribution is -1.98. The van der Waals surface area contributed by atoms with Gasteiger partial charge in [0.15, 0.2) is 0 Å². The Balaban J connectivity index is 1.80. The number of rotatable bonds is 4. The van der Waals surface area contributed by atoms with Crippen LogP contribution in [-0.2, 0) is 0 Å². The van der Waals surface area contributed by atoms with E-state index in [-0.39, 0.29) is 0 Å². The van der Waals surface area contributed by atoms with Crippen LogP contribution >= 0.6 is 0 Å². The maximum atomic E-state index is 5.10. The number of ether oxygens (including phenoxy) is 1. The molecule has 4 aromatic rings. The van der Waals surface area contributed by atoms with Crippen LogP contribution in [0.2, 0.25) is 0 Å². The van der Waals surface area contributed by atoms with Crippen LogP contribution in [-0.4, -0.2) is 22.1 Å².